The molecule has 2 aliphatic rings. The summed E-state index contributed by atoms with van der Waals surface area (Å²) in [6.45, 7) is 7.37. The highest BCUT2D eigenvalue weighted by molar-refractivity contribution is 6.54. The molecule has 0 aromatic heterocycles. The first kappa shape index (κ1) is 23.4. The van der Waals surface area contributed by atoms with E-state index in [1.165, 1.54) is 0 Å². The summed E-state index contributed by atoms with van der Waals surface area (Å²) in [6.07, 6.45) is 1.38. The molecule has 2 aromatic carbocycles. The fourth-order valence-electron chi connectivity index (χ4n) is 3.89. The summed E-state index contributed by atoms with van der Waals surface area (Å²) in [5, 5.41) is 2.53. The van der Waals surface area contributed by atoms with E-state index in [-0.39, 0.29) is 29.9 Å². The predicted molar refractivity (Wildman–Crippen MR) is 129 cm³/mol. The number of hydrogen-bond acceptors (Lipinski definition) is 6. The number of hydrogen-bond donors (Lipinski definition) is 1. The van der Waals surface area contributed by atoms with Crippen LogP contribution >= 0.6 is 0 Å². The van der Waals surface area contributed by atoms with Crippen molar-refractivity contribution in [2.75, 3.05) is 6.73 Å². The highest BCUT2D eigenvalue weighted by Gasteiger charge is 2.38. The fraction of sp³-hybridized carbons (Fsp3) is 0.333. The first-order valence-electron chi connectivity index (χ1n) is 11.4. The van der Waals surface area contributed by atoms with Gasteiger partial charge in [-0.3, -0.25) is 9.59 Å². The first-order valence-corrected chi connectivity index (χ1v) is 11.4. The van der Waals surface area contributed by atoms with Crippen LogP contribution in [-0.2, 0) is 19.1 Å². The van der Waals surface area contributed by atoms with Crippen molar-refractivity contribution in [1.29, 1.82) is 0 Å². The van der Waals surface area contributed by atoms with Crippen molar-refractivity contribution in [3.05, 3.63) is 70.8 Å². The number of rotatable bonds is 5. The normalized spacial score (nSPS) is 17.7. The molecule has 7 heteroatoms. The molecular formula is C27H28N2O5. The highest BCUT2D eigenvalue weighted by atomic mass is 16.5. The Bertz CT molecular complexity index is 1210. The van der Waals surface area contributed by atoms with Crippen LogP contribution < -0.4 is 5.32 Å². The lowest BCUT2D eigenvalue weighted by Gasteiger charge is -2.36. The van der Waals surface area contributed by atoms with E-state index >= 15 is 0 Å². The van der Waals surface area contributed by atoms with Crippen LogP contribution in [0.3, 0.4) is 0 Å². The Balaban J connectivity index is 1.55. The molecule has 1 amide bonds. The topological polar surface area (TPSA) is 94.1 Å². The second-order valence-electron chi connectivity index (χ2n) is 9.32. The number of nitrogens with zero attached hydrogens (tertiary/aromatic N) is 1. The number of ketones is 1. The average molecular weight is 461 g/mol. The molecule has 0 bridgehead atoms. The van der Waals surface area contributed by atoms with Gasteiger partial charge in [-0.15, -0.1) is 0 Å². The van der Waals surface area contributed by atoms with Crippen LogP contribution in [0.4, 0.5) is 5.69 Å². The van der Waals surface area contributed by atoms with Gasteiger partial charge in [-0.25, -0.2) is 9.79 Å². The molecular weight excluding hydrogens is 432 g/mol. The van der Waals surface area contributed by atoms with Gasteiger partial charge in [0.05, 0.1) is 11.3 Å². The van der Waals surface area contributed by atoms with Crippen molar-refractivity contribution in [3.63, 3.8) is 0 Å². The van der Waals surface area contributed by atoms with Gasteiger partial charge in [0.15, 0.2) is 6.73 Å². The first-order chi connectivity index (χ1) is 16.2. The number of allylic oxidation sites excluding steroid dienone is 1. The molecule has 1 aliphatic heterocycles. The monoisotopic (exact) mass is 460 g/mol. The van der Waals surface area contributed by atoms with Gasteiger partial charge >= 0.3 is 5.97 Å². The van der Waals surface area contributed by atoms with Gasteiger partial charge in [0.2, 0.25) is 11.7 Å². The third-order valence-electron chi connectivity index (χ3n) is 5.86. The Kier molecular flexibility index (Phi) is 6.37. The van der Waals surface area contributed by atoms with Crippen molar-refractivity contribution >= 4 is 34.8 Å². The van der Waals surface area contributed by atoms with Gasteiger partial charge in [0.1, 0.15) is 17.1 Å². The Labute approximate surface area is 198 Å². The van der Waals surface area contributed by atoms with E-state index in [9.17, 15) is 14.4 Å². The van der Waals surface area contributed by atoms with Crippen LogP contribution in [0, 0.1) is 5.92 Å². The molecule has 4 rings (SSSR count). The zero-order valence-electron chi connectivity index (χ0n) is 19.8. The van der Waals surface area contributed by atoms with Gasteiger partial charge in [0, 0.05) is 22.6 Å². The van der Waals surface area contributed by atoms with Crippen LogP contribution in [0.15, 0.2) is 59.1 Å². The van der Waals surface area contributed by atoms with E-state index in [1.54, 1.807) is 38.1 Å². The molecule has 2 aromatic rings. The van der Waals surface area contributed by atoms with Gasteiger partial charge < -0.3 is 14.8 Å². The van der Waals surface area contributed by atoms with E-state index in [0.29, 0.717) is 34.7 Å². The number of fused-ring (bicyclic) bond motifs is 2. The van der Waals surface area contributed by atoms with Gasteiger partial charge in [-0.1, -0.05) is 38.1 Å². The lowest BCUT2D eigenvalue weighted by Crippen LogP contribution is -2.34. The number of nitrogens with one attached hydrogen (secondary N) is 1. The van der Waals surface area contributed by atoms with Crippen LogP contribution in [-0.4, -0.2) is 35.7 Å². The largest absolute Gasteiger partial charge is 0.487 e. The van der Waals surface area contributed by atoms with Crippen molar-refractivity contribution in [2.45, 2.75) is 46.1 Å². The maximum Gasteiger partial charge on any atom is 0.339 e. The number of carbonyl (C=O) groups excluding carboxylic acids is 3. The number of Topliss-reactive ketones (excluding diaryl/α,β-unsaturated/α-hetero) is 1. The number of benzene rings is 2. The summed E-state index contributed by atoms with van der Waals surface area (Å²) in [5.74, 6) is -0.420. The Morgan fingerprint density at radius 1 is 1.09 bits per heavy atom. The number of esters is 1. The van der Waals surface area contributed by atoms with E-state index in [0.717, 1.165) is 17.5 Å². The average Bonchev–Trinajstić information content (AvgIpc) is 2.81. The summed E-state index contributed by atoms with van der Waals surface area (Å²) in [6, 6.07) is 14.1. The van der Waals surface area contributed by atoms with Gasteiger partial charge in [-0.2, -0.15) is 0 Å². The minimum atomic E-state index is -0.556. The Hall–Kier alpha value is -3.74. The van der Waals surface area contributed by atoms with E-state index in [4.69, 9.17) is 9.47 Å². The molecule has 1 N–H and O–H groups in total. The molecule has 0 spiro atoms. The van der Waals surface area contributed by atoms with Crippen LogP contribution in [0.25, 0.3) is 5.76 Å². The van der Waals surface area contributed by atoms with Crippen LogP contribution in [0.2, 0.25) is 0 Å². The quantitative estimate of drug-likeness (QED) is 0.521. The summed E-state index contributed by atoms with van der Waals surface area (Å²) in [7, 11) is 0. The van der Waals surface area contributed by atoms with Crippen molar-refractivity contribution in [3.8, 4) is 0 Å². The minimum Gasteiger partial charge on any atom is -0.487 e. The standard InChI is InChI=1S/C27H28N2O5/c1-16(2)25(31)28-15-33-26(32)17-9-11-18(12-10-17)29-22-19-7-5-6-8-20(19)24-21(23(22)30)13-14-27(3,4)34-24/h5-12,16H,13-15H2,1-4H3,(H,28,31). The van der Waals surface area contributed by atoms with Crippen LogP contribution in [0.1, 0.15) is 62.0 Å². The maximum atomic E-state index is 13.4. The van der Waals surface area contributed by atoms with Crippen molar-refractivity contribution in [1.82, 2.24) is 5.32 Å². The smallest absolute Gasteiger partial charge is 0.339 e. The predicted octanol–water partition coefficient (Wildman–Crippen LogP) is 4.58. The molecule has 0 saturated carbocycles. The van der Waals surface area contributed by atoms with E-state index in [1.807, 2.05) is 38.1 Å². The summed E-state index contributed by atoms with van der Waals surface area (Å²) in [4.78, 5) is 41.8. The molecule has 7 nitrogen and oxygen atoms in total. The molecule has 0 unspecified atom stereocenters. The molecule has 0 saturated heterocycles. The Morgan fingerprint density at radius 2 is 1.76 bits per heavy atom. The maximum absolute atomic E-state index is 13.4. The summed E-state index contributed by atoms with van der Waals surface area (Å²) in [5.41, 5.74) is 3.16. The number of amides is 1. The number of carbonyl (C=O) groups is 3. The molecule has 0 radical (unpaired) electrons. The molecule has 176 valence electrons. The third-order valence-corrected chi connectivity index (χ3v) is 5.86. The molecule has 34 heavy (non-hydrogen) atoms. The Morgan fingerprint density at radius 3 is 2.44 bits per heavy atom. The molecule has 0 atom stereocenters. The SMILES string of the molecule is CC(C)C(=O)NCOC(=O)c1ccc(N=C2C(=O)C3=C(OC(C)(C)CC3)c3ccccc32)cc1. The lowest BCUT2D eigenvalue weighted by atomic mass is 9.82. The second kappa shape index (κ2) is 9.25. The van der Waals surface area contributed by atoms with Crippen molar-refractivity contribution < 1.29 is 23.9 Å². The van der Waals surface area contributed by atoms with E-state index in [2.05, 4.69) is 10.3 Å². The molecule has 1 heterocycles. The van der Waals surface area contributed by atoms with Crippen LogP contribution in [0.5, 0.6) is 0 Å². The van der Waals surface area contributed by atoms with Gasteiger partial charge in [-0.05, 0) is 51.0 Å². The molecule has 1 aliphatic carbocycles. The van der Waals surface area contributed by atoms with Crippen molar-refractivity contribution in [2.24, 2.45) is 10.9 Å². The summed E-state index contributed by atoms with van der Waals surface area (Å²) >= 11 is 0. The second-order valence-corrected chi connectivity index (χ2v) is 9.32. The molecule has 0 fully saturated rings. The van der Waals surface area contributed by atoms with Gasteiger partial charge in [0.25, 0.3) is 0 Å². The minimum absolute atomic E-state index is 0.131. The van der Waals surface area contributed by atoms with E-state index < -0.39 is 5.97 Å². The summed E-state index contributed by atoms with van der Waals surface area (Å²) < 4.78 is 11.3. The zero-order valence-corrected chi connectivity index (χ0v) is 19.8. The number of ether oxygens (including phenoxy) is 2. The lowest BCUT2D eigenvalue weighted by molar-refractivity contribution is -0.125. The highest BCUT2D eigenvalue weighted by Crippen LogP contribution is 2.41. The number of aliphatic imine (C=N–C) groups is 1. The zero-order chi connectivity index (χ0) is 24.5. The fourth-order valence-corrected chi connectivity index (χ4v) is 3.89. The third kappa shape index (κ3) is 4.78.